The summed E-state index contributed by atoms with van der Waals surface area (Å²) in [6.45, 7) is 1.94. The van der Waals surface area contributed by atoms with Crippen molar-refractivity contribution in [1.29, 1.82) is 0 Å². The van der Waals surface area contributed by atoms with E-state index < -0.39 is 0 Å². The van der Waals surface area contributed by atoms with Gasteiger partial charge in [-0.15, -0.1) is 0 Å². The molecular formula is C15H28N2O. The minimum absolute atomic E-state index is 0.286. The molecule has 1 saturated carbocycles. The topological polar surface area (TPSA) is 41.1 Å². The standard InChI is InChI=1S/C15H28N2O/c18-15(13-8-4-2-1-3-5-9-13)17-12-14-10-6-7-11-16-14/h13-14,16H,1-12H2,(H,17,18). The Morgan fingerprint density at radius 2 is 1.61 bits per heavy atom. The van der Waals surface area contributed by atoms with Gasteiger partial charge in [0.05, 0.1) is 0 Å². The van der Waals surface area contributed by atoms with Crippen molar-refractivity contribution in [3.63, 3.8) is 0 Å². The van der Waals surface area contributed by atoms with E-state index in [1.54, 1.807) is 0 Å². The Labute approximate surface area is 111 Å². The number of hydrogen-bond acceptors (Lipinski definition) is 2. The Bertz CT molecular complexity index is 241. The fourth-order valence-electron chi connectivity index (χ4n) is 3.18. The lowest BCUT2D eigenvalue weighted by molar-refractivity contribution is -0.125. The van der Waals surface area contributed by atoms with Crippen molar-refractivity contribution >= 4 is 5.91 Å². The van der Waals surface area contributed by atoms with E-state index in [0.29, 0.717) is 11.9 Å². The van der Waals surface area contributed by atoms with Crippen LogP contribution in [0.1, 0.15) is 64.2 Å². The van der Waals surface area contributed by atoms with Crippen LogP contribution in [0.15, 0.2) is 0 Å². The summed E-state index contributed by atoms with van der Waals surface area (Å²) in [5, 5.41) is 6.65. The van der Waals surface area contributed by atoms with E-state index in [1.807, 2.05) is 0 Å². The third kappa shape index (κ3) is 4.60. The number of amides is 1. The molecule has 2 fully saturated rings. The number of carbonyl (C=O) groups is 1. The molecule has 2 rings (SSSR count). The van der Waals surface area contributed by atoms with Crippen LogP contribution in [0.5, 0.6) is 0 Å². The van der Waals surface area contributed by atoms with Crippen LogP contribution in [0.4, 0.5) is 0 Å². The third-order valence-corrected chi connectivity index (χ3v) is 4.41. The van der Waals surface area contributed by atoms with Gasteiger partial charge in [-0.2, -0.15) is 0 Å². The zero-order valence-corrected chi connectivity index (χ0v) is 11.5. The number of hydrogen-bond donors (Lipinski definition) is 2. The highest BCUT2D eigenvalue weighted by Crippen LogP contribution is 2.22. The molecule has 0 radical (unpaired) electrons. The van der Waals surface area contributed by atoms with Crippen molar-refractivity contribution in [3.8, 4) is 0 Å². The van der Waals surface area contributed by atoms with Crippen molar-refractivity contribution in [1.82, 2.24) is 10.6 Å². The van der Waals surface area contributed by atoms with Crippen LogP contribution in [0, 0.1) is 5.92 Å². The largest absolute Gasteiger partial charge is 0.354 e. The molecule has 0 aromatic heterocycles. The summed E-state index contributed by atoms with van der Waals surface area (Å²) in [4.78, 5) is 12.2. The Balaban J connectivity index is 1.68. The van der Waals surface area contributed by atoms with Crippen LogP contribution in [-0.2, 0) is 4.79 Å². The summed E-state index contributed by atoms with van der Waals surface area (Å²) < 4.78 is 0. The molecule has 0 aromatic rings. The van der Waals surface area contributed by atoms with E-state index in [1.165, 1.54) is 51.4 Å². The quantitative estimate of drug-likeness (QED) is 0.810. The molecule has 1 saturated heterocycles. The van der Waals surface area contributed by atoms with Crippen molar-refractivity contribution in [2.45, 2.75) is 70.3 Å². The molecular weight excluding hydrogens is 224 g/mol. The molecule has 0 bridgehead atoms. The number of piperidine rings is 1. The van der Waals surface area contributed by atoms with Crippen LogP contribution in [-0.4, -0.2) is 25.0 Å². The molecule has 3 heteroatoms. The molecule has 1 unspecified atom stereocenters. The van der Waals surface area contributed by atoms with Gasteiger partial charge in [-0.1, -0.05) is 38.5 Å². The van der Waals surface area contributed by atoms with Crippen LogP contribution in [0.25, 0.3) is 0 Å². The highest BCUT2D eigenvalue weighted by Gasteiger charge is 2.20. The highest BCUT2D eigenvalue weighted by molar-refractivity contribution is 5.78. The minimum Gasteiger partial charge on any atom is -0.354 e. The fraction of sp³-hybridized carbons (Fsp3) is 0.933. The Morgan fingerprint density at radius 1 is 0.944 bits per heavy atom. The van der Waals surface area contributed by atoms with Gasteiger partial charge in [0.2, 0.25) is 5.91 Å². The summed E-state index contributed by atoms with van der Waals surface area (Å²) >= 11 is 0. The molecule has 2 aliphatic rings. The molecule has 3 nitrogen and oxygen atoms in total. The number of carbonyl (C=O) groups excluding carboxylic acids is 1. The maximum absolute atomic E-state index is 12.2. The smallest absolute Gasteiger partial charge is 0.223 e. The van der Waals surface area contributed by atoms with Gasteiger partial charge in [-0.25, -0.2) is 0 Å². The average Bonchev–Trinajstić information content (AvgIpc) is 2.37. The van der Waals surface area contributed by atoms with Gasteiger partial charge in [-0.05, 0) is 32.2 Å². The van der Waals surface area contributed by atoms with Gasteiger partial charge in [-0.3, -0.25) is 4.79 Å². The van der Waals surface area contributed by atoms with Crippen molar-refractivity contribution in [2.24, 2.45) is 5.92 Å². The molecule has 1 amide bonds. The van der Waals surface area contributed by atoms with Crippen LogP contribution < -0.4 is 10.6 Å². The lowest BCUT2D eigenvalue weighted by Crippen LogP contribution is -2.44. The average molecular weight is 252 g/mol. The van der Waals surface area contributed by atoms with E-state index >= 15 is 0 Å². The maximum atomic E-state index is 12.2. The monoisotopic (exact) mass is 252 g/mol. The van der Waals surface area contributed by atoms with Crippen molar-refractivity contribution in [2.75, 3.05) is 13.1 Å². The normalized spacial score (nSPS) is 27.2. The van der Waals surface area contributed by atoms with E-state index in [0.717, 1.165) is 25.9 Å². The van der Waals surface area contributed by atoms with Crippen LogP contribution in [0.2, 0.25) is 0 Å². The van der Waals surface area contributed by atoms with Gasteiger partial charge in [0.1, 0.15) is 0 Å². The summed E-state index contributed by atoms with van der Waals surface area (Å²) in [6, 6.07) is 0.510. The Hall–Kier alpha value is -0.570. The highest BCUT2D eigenvalue weighted by atomic mass is 16.1. The maximum Gasteiger partial charge on any atom is 0.223 e. The number of rotatable bonds is 3. The summed E-state index contributed by atoms with van der Waals surface area (Å²) in [7, 11) is 0. The lowest BCUT2D eigenvalue weighted by atomic mass is 9.90. The Kier molecular flexibility index (Phi) is 5.98. The summed E-state index contributed by atoms with van der Waals surface area (Å²) in [5.41, 5.74) is 0. The molecule has 18 heavy (non-hydrogen) atoms. The van der Waals surface area contributed by atoms with Gasteiger partial charge in [0.25, 0.3) is 0 Å². The molecule has 0 aromatic carbocycles. The van der Waals surface area contributed by atoms with Gasteiger partial charge in [0, 0.05) is 18.5 Å². The predicted octanol–water partition coefficient (Wildman–Crippen LogP) is 2.61. The van der Waals surface area contributed by atoms with E-state index in [-0.39, 0.29) is 5.92 Å². The molecule has 1 aliphatic carbocycles. The minimum atomic E-state index is 0.286. The van der Waals surface area contributed by atoms with E-state index in [4.69, 9.17) is 0 Å². The molecule has 1 aliphatic heterocycles. The molecule has 0 spiro atoms. The van der Waals surface area contributed by atoms with Crippen LogP contribution in [0.3, 0.4) is 0 Å². The Morgan fingerprint density at radius 3 is 2.28 bits per heavy atom. The van der Waals surface area contributed by atoms with E-state index in [2.05, 4.69) is 10.6 Å². The first-order valence-electron chi connectivity index (χ1n) is 7.87. The molecule has 1 atom stereocenters. The number of nitrogens with one attached hydrogen (secondary N) is 2. The van der Waals surface area contributed by atoms with Crippen molar-refractivity contribution in [3.05, 3.63) is 0 Å². The van der Waals surface area contributed by atoms with Gasteiger partial charge in [0.15, 0.2) is 0 Å². The third-order valence-electron chi connectivity index (χ3n) is 4.41. The molecule has 2 N–H and O–H groups in total. The lowest BCUT2D eigenvalue weighted by Gasteiger charge is -2.25. The van der Waals surface area contributed by atoms with Crippen LogP contribution >= 0.6 is 0 Å². The molecule has 104 valence electrons. The second-order valence-corrected chi connectivity index (χ2v) is 5.93. The predicted molar refractivity (Wildman–Crippen MR) is 74.5 cm³/mol. The van der Waals surface area contributed by atoms with Crippen molar-refractivity contribution < 1.29 is 4.79 Å². The SMILES string of the molecule is O=C(NCC1CCCCN1)C1CCCCCCC1. The summed E-state index contributed by atoms with van der Waals surface area (Å²) in [6.07, 6.45) is 12.5. The second kappa shape index (κ2) is 7.78. The zero-order chi connectivity index (χ0) is 12.6. The molecule has 1 heterocycles. The summed E-state index contributed by atoms with van der Waals surface area (Å²) in [5.74, 6) is 0.596. The fourth-order valence-corrected chi connectivity index (χ4v) is 3.18. The van der Waals surface area contributed by atoms with E-state index in [9.17, 15) is 4.79 Å². The van der Waals surface area contributed by atoms with Gasteiger partial charge >= 0.3 is 0 Å². The van der Waals surface area contributed by atoms with Gasteiger partial charge < -0.3 is 10.6 Å². The zero-order valence-electron chi connectivity index (χ0n) is 11.5. The first-order valence-corrected chi connectivity index (χ1v) is 7.87. The second-order valence-electron chi connectivity index (χ2n) is 5.93. The first kappa shape index (κ1) is 13.9. The first-order chi connectivity index (χ1) is 8.86.